The van der Waals surface area contributed by atoms with Gasteiger partial charge in [-0.05, 0) is 19.8 Å². The van der Waals surface area contributed by atoms with E-state index in [1.54, 1.807) is 6.92 Å². The van der Waals surface area contributed by atoms with Gasteiger partial charge in [0, 0.05) is 6.04 Å². The second-order valence-electron chi connectivity index (χ2n) is 4.43. The van der Waals surface area contributed by atoms with Crippen LogP contribution in [0.25, 0.3) is 0 Å². The Morgan fingerprint density at radius 1 is 1.31 bits per heavy atom. The molecule has 5 heteroatoms. The molecule has 92 valence electrons. The van der Waals surface area contributed by atoms with Crippen LogP contribution in [0.2, 0.25) is 0 Å². The molecule has 0 aliphatic heterocycles. The quantitative estimate of drug-likeness (QED) is 0.650. The summed E-state index contributed by atoms with van der Waals surface area (Å²) in [5.41, 5.74) is 0. The molecule has 0 unspecified atom stereocenters. The van der Waals surface area contributed by atoms with Gasteiger partial charge in [0.2, 0.25) is 5.91 Å². The second-order valence-corrected chi connectivity index (χ2v) is 4.43. The van der Waals surface area contributed by atoms with Crippen LogP contribution in [-0.2, 0) is 9.59 Å². The van der Waals surface area contributed by atoms with Crippen LogP contribution in [0.1, 0.15) is 32.6 Å². The first-order valence-corrected chi connectivity index (χ1v) is 5.70. The second kappa shape index (κ2) is 5.84. The molecule has 1 aliphatic carbocycles. The Balaban J connectivity index is 2.60. The molecule has 0 aromatic carbocycles. The van der Waals surface area contributed by atoms with Crippen molar-refractivity contribution in [3.63, 3.8) is 0 Å². The Hall–Kier alpha value is -1.10. The molecule has 3 N–H and O–H groups in total. The largest absolute Gasteiger partial charge is 0.481 e. The maximum atomic E-state index is 11.8. The Morgan fingerprint density at radius 2 is 1.88 bits per heavy atom. The summed E-state index contributed by atoms with van der Waals surface area (Å²) in [7, 11) is 0. The van der Waals surface area contributed by atoms with Crippen LogP contribution in [-0.4, -0.2) is 34.7 Å². The monoisotopic (exact) mass is 229 g/mol. The molecule has 16 heavy (non-hydrogen) atoms. The summed E-state index contributed by atoms with van der Waals surface area (Å²) in [5.74, 6) is -2.15. The van der Waals surface area contributed by atoms with Crippen molar-refractivity contribution in [3.05, 3.63) is 0 Å². The fraction of sp³-hybridized carbons (Fsp3) is 0.818. The van der Waals surface area contributed by atoms with Crippen LogP contribution in [0.5, 0.6) is 0 Å². The molecular formula is C11H19NO4. The van der Waals surface area contributed by atoms with E-state index in [9.17, 15) is 9.59 Å². The first kappa shape index (κ1) is 13.0. The van der Waals surface area contributed by atoms with Gasteiger partial charge in [-0.25, -0.2) is 0 Å². The summed E-state index contributed by atoms with van der Waals surface area (Å²) in [5, 5.41) is 20.5. The lowest BCUT2D eigenvalue weighted by Crippen LogP contribution is -2.44. The smallest absolute Gasteiger partial charge is 0.307 e. The molecule has 3 atom stereocenters. The van der Waals surface area contributed by atoms with E-state index in [-0.39, 0.29) is 18.6 Å². The van der Waals surface area contributed by atoms with Gasteiger partial charge < -0.3 is 15.5 Å². The number of amides is 1. The molecule has 0 bridgehead atoms. The molecule has 0 aromatic rings. The van der Waals surface area contributed by atoms with Crippen molar-refractivity contribution < 1.29 is 19.8 Å². The van der Waals surface area contributed by atoms with E-state index in [2.05, 4.69) is 5.32 Å². The fourth-order valence-corrected chi connectivity index (χ4v) is 2.14. The molecule has 0 saturated heterocycles. The molecule has 0 radical (unpaired) electrons. The Bertz CT molecular complexity index is 267. The molecule has 5 nitrogen and oxygen atoms in total. The lowest BCUT2D eigenvalue weighted by Gasteiger charge is -2.28. The van der Waals surface area contributed by atoms with Crippen molar-refractivity contribution in [2.75, 3.05) is 6.61 Å². The minimum Gasteiger partial charge on any atom is -0.481 e. The normalized spacial score (nSPS) is 27.1. The molecule has 1 aliphatic rings. The van der Waals surface area contributed by atoms with E-state index in [0.29, 0.717) is 12.8 Å². The number of carbonyl (C=O) groups excluding carboxylic acids is 1. The number of aliphatic hydroxyl groups is 1. The average Bonchev–Trinajstić information content (AvgIpc) is 2.28. The number of nitrogens with one attached hydrogen (secondary N) is 1. The number of aliphatic carboxylic acids is 1. The molecule has 0 spiro atoms. The third kappa shape index (κ3) is 3.20. The number of carbonyl (C=O) groups is 2. The van der Waals surface area contributed by atoms with E-state index in [0.717, 1.165) is 12.8 Å². The maximum absolute atomic E-state index is 11.8. The standard InChI is InChI=1S/C11H19NO4/c1-7(6-13)12-10(14)8-4-2-3-5-9(8)11(15)16/h7-9,13H,2-6H2,1H3,(H,12,14)(H,15,16)/t7-,8+,9-/m0/s1. The van der Waals surface area contributed by atoms with Gasteiger partial charge in [0.05, 0.1) is 18.4 Å². The van der Waals surface area contributed by atoms with Crippen LogP contribution in [0.15, 0.2) is 0 Å². The van der Waals surface area contributed by atoms with Gasteiger partial charge in [-0.15, -0.1) is 0 Å². The van der Waals surface area contributed by atoms with Crippen molar-refractivity contribution in [3.8, 4) is 0 Å². The summed E-state index contributed by atoms with van der Waals surface area (Å²) >= 11 is 0. The zero-order valence-corrected chi connectivity index (χ0v) is 9.48. The summed E-state index contributed by atoms with van der Waals surface area (Å²) in [6.45, 7) is 1.56. The van der Waals surface area contributed by atoms with Gasteiger partial charge in [0.25, 0.3) is 0 Å². The Labute approximate surface area is 94.8 Å². The van der Waals surface area contributed by atoms with E-state index in [1.165, 1.54) is 0 Å². The number of hydrogen-bond acceptors (Lipinski definition) is 3. The van der Waals surface area contributed by atoms with Crippen molar-refractivity contribution in [2.24, 2.45) is 11.8 Å². The first-order valence-electron chi connectivity index (χ1n) is 5.70. The van der Waals surface area contributed by atoms with Crippen LogP contribution < -0.4 is 5.32 Å². The molecular weight excluding hydrogens is 210 g/mol. The number of rotatable bonds is 4. The first-order chi connectivity index (χ1) is 7.56. The number of carboxylic acid groups (broad SMARTS) is 1. The van der Waals surface area contributed by atoms with Crippen molar-refractivity contribution in [1.82, 2.24) is 5.32 Å². The highest BCUT2D eigenvalue weighted by molar-refractivity contribution is 5.85. The van der Waals surface area contributed by atoms with E-state index in [1.807, 2.05) is 0 Å². The van der Waals surface area contributed by atoms with E-state index < -0.39 is 17.8 Å². The van der Waals surface area contributed by atoms with Gasteiger partial charge in [-0.2, -0.15) is 0 Å². The number of carboxylic acids is 1. The Kier molecular flexibility index (Phi) is 4.73. The van der Waals surface area contributed by atoms with Crippen LogP contribution >= 0.6 is 0 Å². The maximum Gasteiger partial charge on any atom is 0.307 e. The lowest BCUT2D eigenvalue weighted by atomic mass is 9.78. The SMILES string of the molecule is C[C@@H](CO)NC(=O)[C@@H]1CCCC[C@@H]1C(=O)O. The molecule has 1 rings (SSSR count). The molecule has 1 amide bonds. The zero-order valence-electron chi connectivity index (χ0n) is 9.48. The Morgan fingerprint density at radius 3 is 2.38 bits per heavy atom. The molecule has 1 saturated carbocycles. The van der Waals surface area contributed by atoms with E-state index >= 15 is 0 Å². The predicted octanol–water partition coefficient (Wildman–Crippen LogP) is 0.374. The molecule has 0 aromatic heterocycles. The van der Waals surface area contributed by atoms with Crippen molar-refractivity contribution >= 4 is 11.9 Å². The lowest BCUT2D eigenvalue weighted by molar-refractivity contribution is -0.149. The third-order valence-electron chi connectivity index (χ3n) is 3.08. The van der Waals surface area contributed by atoms with Gasteiger partial charge >= 0.3 is 5.97 Å². The van der Waals surface area contributed by atoms with Gasteiger partial charge in [0.15, 0.2) is 0 Å². The number of aliphatic hydroxyl groups excluding tert-OH is 1. The van der Waals surface area contributed by atoms with Crippen LogP contribution in [0.3, 0.4) is 0 Å². The van der Waals surface area contributed by atoms with Crippen molar-refractivity contribution in [2.45, 2.75) is 38.6 Å². The van der Waals surface area contributed by atoms with E-state index in [4.69, 9.17) is 10.2 Å². The topological polar surface area (TPSA) is 86.6 Å². The summed E-state index contributed by atoms with van der Waals surface area (Å²) in [6, 6.07) is -0.316. The predicted molar refractivity (Wildman–Crippen MR) is 57.8 cm³/mol. The van der Waals surface area contributed by atoms with Gasteiger partial charge in [-0.1, -0.05) is 12.8 Å². The molecule has 0 heterocycles. The summed E-state index contributed by atoms with van der Waals surface area (Å²) < 4.78 is 0. The zero-order chi connectivity index (χ0) is 12.1. The van der Waals surface area contributed by atoms with Crippen LogP contribution in [0, 0.1) is 11.8 Å². The third-order valence-corrected chi connectivity index (χ3v) is 3.08. The highest BCUT2D eigenvalue weighted by Crippen LogP contribution is 2.30. The minimum absolute atomic E-state index is 0.129. The van der Waals surface area contributed by atoms with Gasteiger partial charge in [0.1, 0.15) is 0 Å². The number of hydrogen-bond donors (Lipinski definition) is 3. The fourth-order valence-electron chi connectivity index (χ4n) is 2.14. The molecule has 1 fully saturated rings. The van der Waals surface area contributed by atoms with Gasteiger partial charge in [-0.3, -0.25) is 9.59 Å². The van der Waals surface area contributed by atoms with Crippen LogP contribution in [0.4, 0.5) is 0 Å². The highest BCUT2D eigenvalue weighted by Gasteiger charge is 2.35. The summed E-state index contributed by atoms with van der Waals surface area (Å²) in [4.78, 5) is 22.8. The van der Waals surface area contributed by atoms with Crippen molar-refractivity contribution in [1.29, 1.82) is 0 Å². The summed E-state index contributed by atoms with van der Waals surface area (Å²) in [6.07, 6.45) is 2.97. The minimum atomic E-state index is -0.892. The highest BCUT2D eigenvalue weighted by atomic mass is 16.4. The average molecular weight is 229 g/mol.